The van der Waals surface area contributed by atoms with E-state index in [1.807, 2.05) is 33.7 Å². The summed E-state index contributed by atoms with van der Waals surface area (Å²) in [6.45, 7) is 1.35. The van der Waals surface area contributed by atoms with Crippen LogP contribution in [0.3, 0.4) is 0 Å². The molecular formula is C15H14ClN5O2. The van der Waals surface area contributed by atoms with Crippen molar-refractivity contribution >= 4 is 34.4 Å². The Morgan fingerprint density at radius 3 is 2.43 bits per heavy atom. The van der Waals surface area contributed by atoms with E-state index in [1.54, 1.807) is 7.05 Å². The first-order valence-corrected chi connectivity index (χ1v) is 7.56. The van der Waals surface area contributed by atoms with Crippen molar-refractivity contribution in [3.63, 3.8) is 0 Å². The number of aromatic nitrogens is 4. The second-order valence-electron chi connectivity index (χ2n) is 5.57. The largest absolute Gasteiger partial charge is 0.332 e. The molecule has 8 heteroatoms. The van der Waals surface area contributed by atoms with Crippen LogP contribution in [0.4, 0.5) is 11.6 Å². The summed E-state index contributed by atoms with van der Waals surface area (Å²) in [5.74, 6) is 0.667. The van der Waals surface area contributed by atoms with Crippen molar-refractivity contribution < 1.29 is 0 Å². The molecule has 3 heterocycles. The second-order valence-corrected chi connectivity index (χ2v) is 6.01. The molecule has 0 bridgehead atoms. The van der Waals surface area contributed by atoms with E-state index >= 15 is 0 Å². The van der Waals surface area contributed by atoms with Gasteiger partial charge in [-0.1, -0.05) is 11.6 Å². The van der Waals surface area contributed by atoms with Gasteiger partial charge in [0.15, 0.2) is 11.2 Å². The van der Waals surface area contributed by atoms with Crippen LogP contribution in [0.1, 0.15) is 0 Å². The minimum absolute atomic E-state index is 0.320. The molecule has 4 rings (SSSR count). The minimum Gasteiger partial charge on any atom is -0.310 e. The summed E-state index contributed by atoms with van der Waals surface area (Å²) in [6.07, 6.45) is 0. The zero-order chi connectivity index (χ0) is 16.3. The van der Waals surface area contributed by atoms with Crippen molar-refractivity contribution in [3.05, 3.63) is 50.1 Å². The molecule has 0 aliphatic carbocycles. The first-order valence-electron chi connectivity index (χ1n) is 7.18. The molecule has 3 aromatic rings. The van der Waals surface area contributed by atoms with Gasteiger partial charge < -0.3 is 9.47 Å². The molecule has 1 aliphatic heterocycles. The quantitative estimate of drug-likeness (QED) is 0.673. The van der Waals surface area contributed by atoms with E-state index in [4.69, 9.17) is 11.6 Å². The molecule has 23 heavy (non-hydrogen) atoms. The van der Waals surface area contributed by atoms with Gasteiger partial charge in [-0.05, 0) is 24.3 Å². The number of imidazole rings is 1. The van der Waals surface area contributed by atoms with Crippen LogP contribution in [0.25, 0.3) is 11.2 Å². The number of aryl methyl sites for hydroxylation is 1. The Morgan fingerprint density at radius 2 is 1.74 bits per heavy atom. The summed E-state index contributed by atoms with van der Waals surface area (Å²) in [7, 11) is 3.11. The summed E-state index contributed by atoms with van der Waals surface area (Å²) in [5.41, 5.74) is 1.12. The third kappa shape index (κ3) is 1.86. The lowest BCUT2D eigenvalue weighted by atomic mass is 10.3. The van der Waals surface area contributed by atoms with E-state index in [0.717, 1.165) is 10.3 Å². The third-order valence-corrected chi connectivity index (χ3v) is 4.51. The van der Waals surface area contributed by atoms with Crippen LogP contribution >= 0.6 is 11.6 Å². The van der Waals surface area contributed by atoms with Crippen LogP contribution in [-0.4, -0.2) is 25.2 Å². The molecule has 0 saturated carbocycles. The normalized spacial score (nSPS) is 13.8. The molecule has 0 saturated heterocycles. The van der Waals surface area contributed by atoms with E-state index in [0.29, 0.717) is 35.2 Å². The smallest absolute Gasteiger partial charge is 0.310 e. The van der Waals surface area contributed by atoms with Gasteiger partial charge in [-0.25, -0.2) is 4.79 Å². The standard InChI is InChI=1S/C15H14ClN5O2/c1-18-12-11(13(22)19(2)15(18)23)21-8-7-20(14(21)17-12)10-5-3-9(16)4-6-10/h3-6H,7-8H2,1-2H3. The molecule has 0 radical (unpaired) electrons. The molecule has 2 aromatic heterocycles. The molecule has 0 atom stereocenters. The van der Waals surface area contributed by atoms with Gasteiger partial charge in [0.2, 0.25) is 5.95 Å². The van der Waals surface area contributed by atoms with Crippen LogP contribution in [-0.2, 0) is 20.6 Å². The highest BCUT2D eigenvalue weighted by molar-refractivity contribution is 6.30. The van der Waals surface area contributed by atoms with E-state index in [1.165, 1.54) is 11.6 Å². The van der Waals surface area contributed by atoms with Gasteiger partial charge in [0, 0.05) is 37.9 Å². The predicted molar refractivity (Wildman–Crippen MR) is 88.7 cm³/mol. The Bertz CT molecular complexity index is 1040. The Hall–Kier alpha value is -2.54. The SMILES string of the molecule is Cn1c(=O)c2c(nc3n2CCN3c2ccc(Cl)cc2)n(C)c1=O. The number of benzene rings is 1. The number of anilines is 2. The highest BCUT2D eigenvalue weighted by Gasteiger charge is 2.28. The Morgan fingerprint density at radius 1 is 1.04 bits per heavy atom. The van der Waals surface area contributed by atoms with E-state index in [2.05, 4.69) is 4.98 Å². The van der Waals surface area contributed by atoms with Crippen LogP contribution < -0.4 is 16.1 Å². The fraction of sp³-hybridized carbons (Fsp3) is 0.267. The zero-order valence-electron chi connectivity index (χ0n) is 12.7. The van der Waals surface area contributed by atoms with Crippen LogP contribution in [0.5, 0.6) is 0 Å². The number of fused-ring (bicyclic) bond motifs is 3. The zero-order valence-corrected chi connectivity index (χ0v) is 13.4. The number of rotatable bonds is 1. The van der Waals surface area contributed by atoms with E-state index in [-0.39, 0.29) is 11.2 Å². The van der Waals surface area contributed by atoms with Crippen molar-refractivity contribution in [3.8, 4) is 0 Å². The number of halogens is 1. The minimum atomic E-state index is -0.377. The highest BCUT2D eigenvalue weighted by atomic mass is 35.5. The lowest BCUT2D eigenvalue weighted by molar-refractivity contribution is 0.700. The van der Waals surface area contributed by atoms with Gasteiger partial charge in [0.1, 0.15) is 0 Å². The molecule has 1 aliphatic rings. The summed E-state index contributed by atoms with van der Waals surface area (Å²) < 4.78 is 4.38. The Kier molecular flexibility index (Phi) is 2.89. The average molecular weight is 332 g/mol. The molecule has 7 nitrogen and oxygen atoms in total. The first-order chi connectivity index (χ1) is 11.0. The van der Waals surface area contributed by atoms with Crippen molar-refractivity contribution in [2.45, 2.75) is 6.54 Å². The predicted octanol–water partition coefficient (Wildman–Crippen LogP) is 1.24. The monoisotopic (exact) mass is 331 g/mol. The fourth-order valence-electron chi connectivity index (χ4n) is 3.02. The average Bonchev–Trinajstić information content (AvgIpc) is 3.11. The number of hydrogen-bond acceptors (Lipinski definition) is 4. The molecule has 0 spiro atoms. The van der Waals surface area contributed by atoms with Gasteiger partial charge in [0.05, 0.1) is 0 Å². The fourth-order valence-corrected chi connectivity index (χ4v) is 3.14. The van der Waals surface area contributed by atoms with Gasteiger partial charge in [0.25, 0.3) is 5.56 Å². The molecule has 0 unspecified atom stereocenters. The summed E-state index contributed by atoms with van der Waals surface area (Å²) >= 11 is 5.94. The van der Waals surface area contributed by atoms with Crippen LogP contribution in [0.2, 0.25) is 5.02 Å². The summed E-state index contributed by atoms with van der Waals surface area (Å²) in [4.78, 5) is 31.1. The topological polar surface area (TPSA) is 65.1 Å². The van der Waals surface area contributed by atoms with Crippen molar-refractivity contribution in [2.75, 3.05) is 11.4 Å². The van der Waals surface area contributed by atoms with E-state index in [9.17, 15) is 9.59 Å². The molecular weight excluding hydrogens is 318 g/mol. The molecule has 0 amide bonds. The van der Waals surface area contributed by atoms with Crippen molar-refractivity contribution in [1.29, 1.82) is 0 Å². The van der Waals surface area contributed by atoms with Crippen molar-refractivity contribution in [2.24, 2.45) is 14.1 Å². The van der Waals surface area contributed by atoms with Crippen LogP contribution in [0, 0.1) is 0 Å². The molecule has 0 N–H and O–H groups in total. The van der Waals surface area contributed by atoms with Gasteiger partial charge in [-0.15, -0.1) is 0 Å². The Labute approximate surface area is 136 Å². The lowest BCUT2D eigenvalue weighted by Crippen LogP contribution is -2.37. The van der Waals surface area contributed by atoms with Gasteiger partial charge in [-0.3, -0.25) is 13.9 Å². The maximum atomic E-state index is 12.5. The van der Waals surface area contributed by atoms with Crippen molar-refractivity contribution in [1.82, 2.24) is 18.7 Å². The number of nitrogens with zero attached hydrogens (tertiary/aromatic N) is 5. The second kappa shape index (κ2) is 4.73. The summed E-state index contributed by atoms with van der Waals surface area (Å²) in [6, 6.07) is 7.46. The van der Waals surface area contributed by atoms with E-state index < -0.39 is 0 Å². The Balaban J connectivity index is 1.99. The lowest BCUT2D eigenvalue weighted by Gasteiger charge is -2.15. The third-order valence-electron chi connectivity index (χ3n) is 4.25. The number of hydrogen-bond donors (Lipinski definition) is 0. The molecule has 1 aromatic carbocycles. The molecule has 0 fully saturated rings. The van der Waals surface area contributed by atoms with Crippen LogP contribution in [0.15, 0.2) is 33.9 Å². The summed E-state index contributed by atoms with van der Waals surface area (Å²) in [5, 5.41) is 0.665. The van der Waals surface area contributed by atoms with Gasteiger partial charge >= 0.3 is 5.69 Å². The maximum Gasteiger partial charge on any atom is 0.332 e. The maximum absolute atomic E-state index is 12.5. The first kappa shape index (κ1) is 14.1. The van der Waals surface area contributed by atoms with Gasteiger partial charge in [-0.2, -0.15) is 4.98 Å². The molecule has 118 valence electrons. The highest BCUT2D eigenvalue weighted by Crippen LogP contribution is 2.32.